The van der Waals surface area contributed by atoms with Gasteiger partial charge in [-0.15, -0.1) is 5.10 Å². The van der Waals surface area contributed by atoms with Gasteiger partial charge in [0.25, 0.3) is 29.5 Å². The number of hydrazine groups is 1. The van der Waals surface area contributed by atoms with Crippen LogP contribution in [-0.4, -0.2) is 300 Å². The summed E-state index contributed by atoms with van der Waals surface area (Å²) in [7, 11) is 4.54. The molecule has 7 amide bonds. The summed E-state index contributed by atoms with van der Waals surface area (Å²) < 4.78 is 72.5. The molecule has 3 aromatic heterocycles. The monoisotopic (exact) mass is 1450 g/mol. The molecular weight excluding hydrogens is 1350 g/mol. The molecular formula is C64H94N20O19. The number of nitrogens with one attached hydrogen (secondary N) is 3. The van der Waals surface area contributed by atoms with Gasteiger partial charge in [-0.3, -0.25) is 58.7 Å². The van der Waals surface area contributed by atoms with Crippen LogP contribution in [0.25, 0.3) is 22.1 Å². The minimum absolute atomic E-state index is 0.0284. The van der Waals surface area contributed by atoms with Gasteiger partial charge in [0.1, 0.15) is 34.8 Å². The molecule has 0 unspecified atom stereocenters. The number of amides is 7. The van der Waals surface area contributed by atoms with Crippen LogP contribution in [0, 0.1) is 0 Å². The van der Waals surface area contributed by atoms with Gasteiger partial charge in [0.2, 0.25) is 23.7 Å². The van der Waals surface area contributed by atoms with E-state index in [4.69, 9.17) is 85.0 Å². The second-order valence-corrected chi connectivity index (χ2v) is 22.7. The third-order valence-corrected chi connectivity index (χ3v) is 15.2. The van der Waals surface area contributed by atoms with Crippen LogP contribution in [0.5, 0.6) is 11.5 Å². The molecule has 564 valence electrons. The van der Waals surface area contributed by atoms with Gasteiger partial charge in [-0.25, -0.2) is 15.8 Å². The number of imide groups is 1. The van der Waals surface area contributed by atoms with Crippen LogP contribution in [0.1, 0.15) is 37.6 Å². The standard InChI is InChI=1S/C64H94N20O19/c1-78(68)43-48(65)61(90)72-63-71-50-40-47(60(89)75-76-67)42-53(58(50)83(63)12-5-4-11-82-57-49(39-46(59(66)88)41-52(57)92-3)70-64(82)73-62(91)51-44-79(2)77-74-51)103-18-6-10-80-13-15-81(16-14-80)17-20-94-22-24-96-26-28-98-30-32-100-34-36-102-38-37-101-35-33-99-31-29-97-27-25-95-23-21-93-19-9-69-54(85)45-84-55(86)7-8-56(84)87/h4-5,7-8,39-44H,6,9-38,45,65,68H2,1-3H3,(H2,66,88)(H,69,85)(H2,67,75,89)(H,70,73,91)(H,71,72,90)/b5-4+,48-43-. The molecule has 0 spiro atoms. The number of nitrogens with two attached hydrogens (primary N) is 4. The van der Waals surface area contributed by atoms with Crippen LogP contribution >= 0.6 is 0 Å². The molecule has 0 radical (unpaired) electrons. The third-order valence-electron chi connectivity index (χ3n) is 15.2. The van der Waals surface area contributed by atoms with Crippen LogP contribution in [0.3, 0.4) is 0 Å². The number of anilines is 2. The van der Waals surface area contributed by atoms with Gasteiger partial charge < -0.3 is 98.5 Å². The number of aromatic nitrogens is 7. The summed E-state index contributed by atoms with van der Waals surface area (Å²) in [6.45, 7) is 13.7. The molecule has 103 heavy (non-hydrogen) atoms. The number of allylic oxidation sites excluding steroid dienone is 2. The number of aryl methyl sites for hydroxylation is 1. The van der Waals surface area contributed by atoms with Crippen molar-refractivity contribution in [3.63, 3.8) is 0 Å². The number of imidazole rings is 2. The summed E-state index contributed by atoms with van der Waals surface area (Å²) in [5.41, 5.74) is 13.2. The fourth-order valence-corrected chi connectivity index (χ4v) is 10.1. The highest BCUT2D eigenvalue weighted by Crippen LogP contribution is 2.33. The Balaban J connectivity index is 0.722. The lowest BCUT2D eigenvalue weighted by Gasteiger charge is -2.34. The zero-order chi connectivity index (χ0) is 73.6. The maximum atomic E-state index is 13.5. The van der Waals surface area contributed by atoms with Gasteiger partial charge in [0.15, 0.2) is 5.69 Å². The number of hydrogen-bond acceptors (Lipinski definition) is 29. The Morgan fingerprint density at radius 1 is 0.612 bits per heavy atom. The highest BCUT2D eigenvalue weighted by atomic mass is 16.6. The number of carbonyl (C=O) groups is 7. The fraction of sp³-hybridized carbons (Fsp3) is 0.547. The average molecular weight is 1450 g/mol. The summed E-state index contributed by atoms with van der Waals surface area (Å²) in [6, 6.07) is 5.95. The normalized spacial score (nSPS) is 13.8. The molecule has 39 nitrogen and oxygen atoms in total. The van der Waals surface area contributed by atoms with Gasteiger partial charge in [0, 0.05) is 102 Å². The Kier molecular flexibility index (Phi) is 35.1. The van der Waals surface area contributed by atoms with Crippen molar-refractivity contribution < 1.29 is 90.4 Å². The fourth-order valence-electron chi connectivity index (χ4n) is 10.1. The number of hydrogen-bond donors (Lipinski definition) is 7. The van der Waals surface area contributed by atoms with Crippen molar-refractivity contribution in [3.05, 3.63) is 83.5 Å². The number of rotatable bonds is 52. The summed E-state index contributed by atoms with van der Waals surface area (Å²) in [5.74, 6) is 7.45. The molecule has 1 fully saturated rings. The molecule has 5 heterocycles. The number of primary amides is 1. The van der Waals surface area contributed by atoms with Crippen LogP contribution < -0.4 is 48.6 Å². The van der Waals surface area contributed by atoms with Crippen molar-refractivity contribution >= 4 is 75.3 Å². The van der Waals surface area contributed by atoms with Crippen LogP contribution in [0.2, 0.25) is 0 Å². The van der Waals surface area contributed by atoms with E-state index in [1.54, 1.807) is 28.3 Å². The predicted octanol–water partition coefficient (Wildman–Crippen LogP) is -1.27. The molecule has 5 aromatic rings. The van der Waals surface area contributed by atoms with Crippen molar-refractivity contribution in [2.24, 2.45) is 40.5 Å². The second kappa shape index (κ2) is 44.8. The van der Waals surface area contributed by atoms with Gasteiger partial charge in [0.05, 0.1) is 163 Å². The van der Waals surface area contributed by atoms with E-state index < -0.39 is 41.4 Å². The van der Waals surface area contributed by atoms with Crippen molar-refractivity contribution in [1.29, 1.82) is 0 Å². The highest BCUT2D eigenvalue weighted by Gasteiger charge is 2.27. The number of fused-ring (bicyclic) bond motifs is 2. The van der Waals surface area contributed by atoms with Crippen molar-refractivity contribution in [2.75, 3.05) is 216 Å². The maximum Gasteiger partial charge on any atom is 0.297 e. The molecule has 2 aromatic carbocycles. The Morgan fingerprint density at radius 2 is 1.08 bits per heavy atom. The quantitative estimate of drug-likeness (QED) is 0.00454. The van der Waals surface area contributed by atoms with E-state index in [1.165, 1.54) is 55.5 Å². The number of nitrogens with zero attached hydrogens (tertiary/aromatic N) is 13. The summed E-state index contributed by atoms with van der Waals surface area (Å²) in [6.07, 6.45) is 9.10. The largest absolute Gasteiger partial charge is 0.494 e. The Morgan fingerprint density at radius 3 is 1.55 bits per heavy atom. The molecule has 7 rings (SSSR count). The second-order valence-electron chi connectivity index (χ2n) is 22.7. The molecule has 2 aliphatic rings. The van der Waals surface area contributed by atoms with E-state index in [-0.39, 0.29) is 90.8 Å². The first-order valence-corrected chi connectivity index (χ1v) is 33.3. The topological polar surface area (TPSA) is 474 Å². The highest BCUT2D eigenvalue weighted by molar-refractivity contribution is 6.14. The van der Waals surface area contributed by atoms with E-state index in [0.717, 1.165) is 61.3 Å². The van der Waals surface area contributed by atoms with Crippen molar-refractivity contribution in [1.82, 2.24) is 59.1 Å². The molecule has 0 aliphatic carbocycles. The minimum atomic E-state index is -0.754. The maximum absolute atomic E-state index is 13.5. The Labute approximate surface area is 593 Å². The molecule has 2 aliphatic heterocycles. The zero-order valence-electron chi connectivity index (χ0n) is 58.3. The first kappa shape index (κ1) is 80.8. The molecule has 0 atom stereocenters. The van der Waals surface area contributed by atoms with E-state index in [1.807, 2.05) is 0 Å². The third kappa shape index (κ3) is 27.7. The van der Waals surface area contributed by atoms with Gasteiger partial charge in [-0.05, 0) is 30.7 Å². The number of methoxy groups -OCH3 is 1. The summed E-state index contributed by atoms with van der Waals surface area (Å²) in [4.78, 5) is 102. The minimum Gasteiger partial charge on any atom is -0.494 e. The Bertz CT molecular complexity index is 3640. The SMILES string of the molecule is COc1cc(C(N)=O)cc2nc(NC(=O)c3cn(C)nn3)n(C/C=C/Cn3c(NC(=O)/C(N)=C/N(C)N)nc4cc(C(=O)N=NN)cc(OCCCN5CCN(CCOCCOCCOCCOCCOCCOCCOCCOCCOCCOCCNC(=O)CN6C(=O)C=CC6=O)CC5)c43)c12. The summed E-state index contributed by atoms with van der Waals surface area (Å²) in [5, 5.41) is 23.7. The van der Waals surface area contributed by atoms with Gasteiger partial charge >= 0.3 is 0 Å². The predicted molar refractivity (Wildman–Crippen MR) is 369 cm³/mol. The molecule has 1 saturated heterocycles. The number of ether oxygens (including phenoxy) is 12. The molecule has 0 saturated carbocycles. The lowest BCUT2D eigenvalue weighted by atomic mass is 10.1. The number of piperazine rings is 1. The lowest BCUT2D eigenvalue weighted by Crippen LogP contribution is -2.47. The van der Waals surface area contributed by atoms with Crippen molar-refractivity contribution in [2.45, 2.75) is 19.5 Å². The zero-order valence-corrected chi connectivity index (χ0v) is 58.3. The average Bonchev–Trinajstić information content (AvgIpc) is 1.64. The van der Waals surface area contributed by atoms with Gasteiger partial charge in [-0.2, -0.15) is 0 Å². The van der Waals surface area contributed by atoms with E-state index in [0.29, 0.717) is 149 Å². The lowest BCUT2D eigenvalue weighted by molar-refractivity contribution is -0.141. The van der Waals surface area contributed by atoms with E-state index in [9.17, 15) is 33.6 Å². The molecule has 11 N–H and O–H groups in total. The van der Waals surface area contributed by atoms with Gasteiger partial charge in [-0.1, -0.05) is 27.7 Å². The smallest absolute Gasteiger partial charge is 0.297 e. The number of benzene rings is 2. The molecule has 39 heteroatoms. The number of carbonyl (C=O) groups excluding carboxylic acids is 7. The van der Waals surface area contributed by atoms with E-state index in [2.05, 4.69) is 51.4 Å². The summed E-state index contributed by atoms with van der Waals surface area (Å²) >= 11 is 0. The van der Waals surface area contributed by atoms with Crippen molar-refractivity contribution in [3.8, 4) is 11.5 Å². The first-order valence-electron chi connectivity index (χ1n) is 33.3. The van der Waals surface area contributed by atoms with E-state index >= 15 is 0 Å². The first-order chi connectivity index (χ1) is 50.0. The van der Waals surface area contributed by atoms with Crippen LogP contribution in [0.4, 0.5) is 11.9 Å². The molecule has 0 bridgehead atoms. The van der Waals surface area contributed by atoms with Crippen LogP contribution in [0.15, 0.2) is 77.0 Å². The van der Waals surface area contributed by atoms with Crippen LogP contribution in [-0.2, 0) is 86.7 Å². The Hall–Kier alpha value is -9.49.